The molecule has 0 unspecified atom stereocenters. The van der Waals surface area contributed by atoms with Crippen LogP contribution < -0.4 is 15.2 Å². The summed E-state index contributed by atoms with van der Waals surface area (Å²) in [6, 6.07) is 5.40. The molecular formula is C12H19NO2. The predicted octanol–water partition coefficient (Wildman–Crippen LogP) is 2.70. The Kier molecular flexibility index (Phi) is 3.45. The van der Waals surface area contributed by atoms with E-state index in [1.54, 1.807) is 19.2 Å². The van der Waals surface area contributed by atoms with Gasteiger partial charge in [-0.3, -0.25) is 0 Å². The minimum Gasteiger partial charge on any atom is -0.493 e. The Bertz CT molecular complexity index is 329. The van der Waals surface area contributed by atoms with E-state index in [1.165, 1.54) is 0 Å². The molecule has 0 radical (unpaired) electrons. The van der Waals surface area contributed by atoms with E-state index < -0.39 is 0 Å². The highest BCUT2D eigenvalue weighted by Crippen LogP contribution is 2.30. The molecule has 0 aliphatic heterocycles. The van der Waals surface area contributed by atoms with Crippen LogP contribution in [0.15, 0.2) is 18.2 Å². The fourth-order valence-electron chi connectivity index (χ4n) is 1.10. The molecule has 0 atom stereocenters. The quantitative estimate of drug-likeness (QED) is 0.778. The lowest BCUT2D eigenvalue weighted by Crippen LogP contribution is -2.17. The molecule has 1 aromatic rings. The number of hydrogen-bond donors (Lipinski definition) is 1. The SMILES string of the molecule is COc1cc(N)ccc1OCC(C)(C)C. The van der Waals surface area contributed by atoms with Crippen molar-refractivity contribution in [2.75, 3.05) is 19.5 Å². The molecule has 1 aromatic carbocycles. The number of benzene rings is 1. The van der Waals surface area contributed by atoms with Crippen molar-refractivity contribution in [1.29, 1.82) is 0 Å². The molecule has 15 heavy (non-hydrogen) atoms. The molecule has 0 bridgehead atoms. The second-order valence-corrected chi connectivity index (χ2v) is 4.76. The van der Waals surface area contributed by atoms with Gasteiger partial charge in [-0.15, -0.1) is 0 Å². The van der Waals surface area contributed by atoms with Gasteiger partial charge in [0, 0.05) is 11.8 Å². The first-order valence-electron chi connectivity index (χ1n) is 4.99. The summed E-state index contributed by atoms with van der Waals surface area (Å²) in [5.74, 6) is 1.42. The summed E-state index contributed by atoms with van der Waals surface area (Å²) >= 11 is 0. The van der Waals surface area contributed by atoms with Crippen LogP contribution in [0.2, 0.25) is 0 Å². The van der Waals surface area contributed by atoms with Crippen molar-refractivity contribution in [3.05, 3.63) is 18.2 Å². The van der Waals surface area contributed by atoms with Crippen LogP contribution in [0.5, 0.6) is 11.5 Å². The van der Waals surface area contributed by atoms with Gasteiger partial charge in [-0.1, -0.05) is 20.8 Å². The smallest absolute Gasteiger partial charge is 0.162 e. The Morgan fingerprint density at radius 1 is 1.20 bits per heavy atom. The predicted molar refractivity (Wildman–Crippen MR) is 62.4 cm³/mol. The first kappa shape index (κ1) is 11.7. The van der Waals surface area contributed by atoms with Crippen LogP contribution in [0.25, 0.3) is 0 Å². The molecule has 84 valence electrons. The topological polar surface area (TPSA) is 44.5 Å². The molecule has 3 nitrogen and oxygen atoms in total. The maximum absolute atomic E-state index is 5.67. The Morgan fingerprint density at radius 3 is 2.40 bits per heavy atom. The van der Waals surface area contributed by atoms with Crippen LogP contribution in [0, 0.1) is 5.41 Å². The summed E-state index contributed by atoms with van der Waals surface area (Å²) in [6.45, 7) is 7.01. The van der Waals surface area contributed by atoms with E-state index in [4.69, 9.17) is 15.2 Å². The third kappa shape index (κ3) is 3.70. The van der Waals surface area contributed by atoms with Crippen molar-refractivity contribution < 1.29 is 9.47 Å². The highest BCUT2D eigenvalue weighted by atomic mass is 16.5. The van der Waals surface area contributed by atoms with Crippen LogP contribution in [-0.4, -0.2) is 13.7 Å². The van der Waals surface area contributed by atoms with Gasteiger partial charge < -0.3 is 15.2 Å². The lowest BCUT2D eigenvalue weighted by Gasteiger charge is -2.20. The third-order valence-electron chi connectivity index (χ3n) is 1.85. The van der Waals surface area contributed by atoms with Crippen molar-refractivity contribution >= 4 is 5.69 Å². The Morgan fingerprint density at radius 2 is 1.87 bits per heavy atom. The van der Waals surface area contributed by atoms with E-state index in [1.807, 2.05) is 6.07 Å². The third-order valence-corrected chi connectivity index (χ3v) is 1.85. The minimum absolute atomic E-state index is 0.131. The highest BCUT2D eigenvalue weighted by molar-refractivity contribution is 5.51. The van der Waals surface area contributed by atoms with Gasteiger partial charge >= 0.3 is 0 Å². The molecule has 0 fully saturated rings. The average molecular weight is 209 g/mol. The van der Waals surface area contributed by atoms with Gasteiger partial charge in [0.15, 0.2) is 11.5 Å². The number of hydrogen-bond acceptors (Lipinski definition) is 3. The number of methoxy groups -OCH3 is 1. The normalized spacial score (nSPS) is 11.2. The van der Waals surface area contributed by atoms with Gasteiger partial charge in [0.05, 0.1) is 13.7 Å². The van der Waals surface area contributed by atoms with Gasteiger partial charge in [0.2, 0.25) is 0 Å². The van der Waals surface area contributed by atoms with E-state index in [0.717, 1.165) is 5.75 Å². The molecule has 2 N–H and O–H groups in total. The second-order valence-electron chi connectivity index (χ2n) is 4.76. The number of rotatable bonds is 3. The largest absolute Gasteiger partial charge is 0.493 e. The summed E-state index contributed by atoms with van der Waals surface area (Å²) in [7, 11) is 1.61. The Labute approximate surface area is 91.2 Å². The Balaban J connectivity index is 2.76. The van der Waals surface area contributed by atoms with E-state index in [0.29, 0.717) is 18.0 Å². The zero-order chi connectivity index (χ0) is 11.5. The molecule has 0 spiro atoms. The number of anilines is 1. The summed E-state index contributed by atoms with van der Waals surface area (Å²) in [4.78, 5) is 0. The van der Waals surface area contributed by atoms with Crippen molar-refractivity contribution in [3.63, 3.8) is 0 Å². The maximum atomic E-state index is 5.67. The first-order chi connectivity index (χ1) is 6.92. The van der Waals surface area contributed by atoms with E-state index in [2.05, 4.69) is 20.8 Å². The highest BCUT2D eigenvalue weighted by Gasteiger charge is 2.13. The number of ether oxygens (including phenoxy) is 2. The van der Waals surface area contributed by atoms with E-state index >= 15 is 0 Å². The summed E-state index contributed by atoms with van der Waals surface area (Å²) in [5, 5.41) is 0. The molecule has 0 saturated carbocycles. The maximum Gasteiger partial charge on any atom is 0.162 e. The standard InChI is InChI=1S/C12H19NO2/c1-12(2,3)8-15-10-6-5-9(13)7-11(10)14-4/h5-7H,8,13H2,1-4H3. The molecule has 0 heterocycles. The lowest BCUT2D eigenvalue weighted by molar-refractivity contribution is 0.191. The molecule has 0 aromatic heterocycles. The fourth-order valence-corrected chi connectivity index (χ4v) is 1.10. The Hall–Kier alpha value is -1.38. The average Bonchev–Trinajstić information content (AvgIpc) is 2.14. The summed E-state index contributed by atoms with van der Waals surface area (Å²) < 4.78 is 10.9. The summed E-state index contributed by atoms with van der Waals surface area (Å²) in [6.07, 6.45) is 0. The van der Waals surface area contributed by atoms with Crippen LogP contribution in [0.4, 0.5) is 5.69 Å². The lowest BCUT2D eigenvalue weighted by atomic mass is 9.99. The first-order valence-corrected chi connectivity index (χ1v) is 4.99. The van der Waals surface area contributed by atoms with E-state index in [9.17, 15) is 0 Å². The van der Waals surface area contributed by atoms with Gasteiger partial charge in [0.25, 0.3) is 0 Å². The number of nitrogens with two attached hydrogens (primary N) is 1. The van der Waals surface area contributed by atoms with Gasteiger partial charge in [-0.2, -0.15) is 0 Å². The molecule has 0 aliphatic carbocycles. The summed E-state index contributed by atoms with van der Waals surface area (Å²) in [5.41, 5.74) is 6.46. The van der Waals surface area contributed by atoms with Crippen molar-refractivity contribution in [2.45, 2.75) is 20.8 Å². The molecule has 0 saturated heterocycles. The van der Waals surface area contributed by atoms with Crippen LogP contribution in [0.1, 0.15) is 20.8 Å². The van der Waals surface area contributed by atoms with Gasteiger partial charge in [0.1, 0.15) is 0 Å². The van der Waals surface area contributed by atoms with Crippen LogP contribution in [0.3, 0.4) is 0 Å². The zero-order valence-corrected chi connectivity index (χ0v) is 9.83. The zero-order valence-electron chi connectivity index (χ0n) is 9.83. The molecule has 0 aliphatic rings. The molecular weight excluding hydrogens is 190 g/mol. The van der Waals surface area contributed by atoms with Crippen molar-refractivity contribution in [2.24, 2.45) is 5.41 Å². The van der Waals surface area contributed by atoms with E-state index in [-0.39, 0.29) is 5.41 Å². The second kappa shape index (κ2) is 4.43. The van der Waals surface area contributed by atoms with Crippen molar-refractivity contribution in [1.82, 2.24) is 0 Å². The minimum atomic E-state index is 0.131. The number of nitrogen functional groups attached to an aromatic ring is 1. The molecule has 3 heteroatoms. The molecule has 1 rings (SSSR count). The van der Waals surface area contributed by atoms with Gasteiger partial charge in [-0.05, 0) is 17.5 Å². The van der Waals surface area contributed by atoms with Crippen LogP contribution >= 0.6 is 0 Å². The molecule has 0 amide bonds. The van der Waals surface area contributed by atoms with Crippen LogP contribution in [-0.2, 0) is 0 Å². The van der Waals surface area contributed by atoms with Gasteiger partial charge in [-0.25, -0.2) is 0 Å². The monoisotopic (exact) mass is 209 g/mol. The van der Waals surface area contributed by atoms with Crippen molar-refractivity contribution in [3.8, 4) is 11.5 Å². The fraction of sp³-hybridized carbons (Fsp3) is 0.500.